The Morgan fingerprint density at radius 2 is 2.21 bits per heavy atom. The highest BCUT2D eigenvalue weighted by Gasteiger charge is 2.32. The number of aromatic nitrogens is 3. The largest absolute Gasteiger partial charge is 0.379 e. The summed E-state index contributed by atoms with van der Waals surface area (Å²) in [6.07, 6.45) is 3.60. The number of fused-ring (bicyclic) bond motifs is 2. The van der Waals surface area contributed by atoms with Crippen LogP contribution in [-0.4, -0.2) is 58.8 Å². The molecule has 0 saturated carbocycles. The number of aromatic amines is 1. The van der Waals surface area contributed by atoms with Crippen molar-refractivity contribution in [3.05, 3.63) is 59.0 Å². The molecule has 7 heteroatoms. The Balaban J connectivity index is 1.33. The van der Waals surface area contributed by atoms with Gasteiger partial charge in [0.25, 0.3) is 5.91 Å². The summed E-state index contributed by atoms with van der Waals surface area (Å²) in [6.45, 7) is 2.91. The van der Waals surface area contributed by atoms with Gasteiger partial charge in [-0.3, -0.25) is 14.9 Å². The number of hydrogen-bond donors (Lipinski definition) is 2. The second kappa shape index (κ2) is 7.57. The van der Waals surface area contributed by atoms with E-state index in [2.05, 4.69) is 44.6 Å². The van der Waals surface area contributed by atoms with E-state index in [-0.39, 0.29) is 17.9 Å². The third-order valence-corrected chi connectivity index (χ3v) is 6.08. The molecule has 1 aromatic carbocycles. The molecule has 2 N–H and O–H groups in total. The van der Waals surface area contributed by atoms with E-state index in [1.165, 1.54) is 5.56 Å². The fourth-order valence-electron chi connectivity index (χ4n) is 4.43. The van der Waals surface area contributed by atoms with Gasteiger partial charge in [0.1, 0.15) is 0 Å². The molecule has 29 heavy (non-hydrogen) atoms. The maximum atomic E-state index is 13.0. The highest BCUT2D eigenvalue weighted by atomic mass is 16.5. The van der Waals surface area contributed by atoms with Crippen molar-refractivity contribution in [2.45, 2.75) is 25.4 Å². The summed E-state index contributed by atoms with van der Waals surface area (Å²) < 4.78 is 5.74. The normalized spacial score (nSPS) is 22.0. The third-order valence-electron chi connectivity index (χ3n) is 6.08. The zero-order valence-corrected chi connectivity index (χ0v) is 16.5. The minimum absolute atomic E-state index is 0.0249. The van der Waals surface area contributed by atoms with E-state index in [0.29, 0.717) is 18.9 Å². The lowest BCUT2D eigenvalue weighted by atomic mass is 9.93. The van der Waals surface area contributed by atoms with Crippen LogP contribution in [0.1, 0.15) is 27.3 Å². The number of ether oxygens (including phenoxy) is 1. The molecule has 1 saturated heterocycles. The Kier molecular flexibility index (Phi) is 4.77. The molecule has 2 aromatic heterocycles. The van der Waals surface area contributed by atoms with Gasteiger partial charge in [0.15, 0.2) is 5.69 Å². The molecule has 0 aliphatic carbocycles. The number of carbonyl (C=O) groups is 1. The number of hydrogen-bond acceptors (Lipinski definition) is 5. The quantitative estimate of drug-likeness (QED) is 0.710. The first-order valence-electron chi connectivity index (χ1n) is 10.1. The van der Waals surface area contributed by atoms with Crippen LogP contribution in [0.2, 0.25) is 0 Å². The maximum Gasteiger partial charge on any atom is 0.272 e. The topological polar surface area (TPSA) is 83.1 Å². The Morgan fingerprint density at radius 3 is 3.14 bits per heavy atom. The maximum absolute atomic E-state index is 13.0. The van der Waals surface area contributed by atoms with Gasteiger partial charge in [-0.15, -0.1) is 0 Å². The zero-order chi connectivity index (χ0) is 19.8. The van der Waals surface area contributed by atoms with Crippen molar-refractivity contribution in [1.82, 2.24) is 25.4 Å². The fourth-order valence-corrected chi connectivity index (χ4v) is 4.43. The summed E-state index contributed by atoms with van der Waals surface area (Å²) in [6, 6.07) is 10.2. The predicted octanol–water partition coefficient (Wildman–Crippen LogP) is 1.93. The number of nitrogens with one attached hydrogen (secondary N) is 2. The molecular formula is C22H25N5O2. The van der Waals surface area contributed by atoms with E-state index in [9.17, 15) is 4.79 Å². The minimum atomic E-state index is -0.113. The second-order valence-corrected chi connectivity index (χ2v) is 8.09. The average Bonchev–Trinajstić information content (AvgIpc) is 3.35. The molecule has 0 unspecified atom stereocenters. The van der Waals surface area contributed by atoms with Gasteiger partial charge < -0.3 is 15.0 Å². The number of likely N-dealkylation sites (N-methyl/N-ethyl adjacent to an activating group) is 1. The van der Waals surface area contributed by atoms with Crippen LogP contribution in [0.15, 0.2) is 36.5 Å². The van der Waals surface area contributed by atoms with Gasteiger partial charge in [0, 0.05) is 48.3 Å². The van der Waals surface area contributed by atoms with E-state index in [0.717, 1.165) is 48.1 Å². The lowest BCUT2D eigenvalue weighted by Crippen LogP contribution is -2.41. The Labute approximate surface area is 169 Å². The van der Waals surface area contributed by atoms with Crippen LogP contribution in [-0.2, 0) is 24.1 Å². The standard InChI is InChI=1S/C22H25N5O2/c1-27-9-7-19-17(11-27)21(26-25-19)22(28)24-20-13-29-12-15(20)10-14-6-8-23-18-5-3-2-4-16(14)18/h2-6,8,15,20H,7,9-13H2,1H3,(H,24,28)(H,25,26)/t15-,20-/m1/s1. The van der Waals surface area contributed by atoms with Crippen molar-refractivity contribution in [2.24, 2.45) is 5.92 Å². The molecule has 4 heterocycles. The van der Waals surface area contributed by atoms with Crippen LogP contribution < -0.4 is 5.32 Å². The zero-order valence-electron chi connectivity index (χ0n) is 16.5. The fraction of sp³-hybridized carbons (Fsp3) is 0.409. The Hall–Kier alpha value is -2.77. The highest BCUT2D eigenvalue weighted by molar-refractivity contribution is 5.94. The first-order chi connectivity index (χ1) is 14.2. The van der Waals surface area contributed by atoms with Crippen molar-refractivity contribution >= 4 is 16.8 Å². The molecule has 150 valence electrons. The molecule has 7 nitrogen and oxygen atoms in total. The van der Waals surface area contributed by atoms with Gasteiger partial charge in [-0.25, -0.2) is 0 Å². The Bertz CT molecular complexity index is 1040. The van der Waals surface area contributed by atoms with Crippen molar-refractivity contribution in [3.8, 4) is 0 Å². The molecule has 5 rings (SSSR count). The van der Waals surface area contributed by atoms with Crippen LogP contribution in [0.4, 0.5) is 0 Å². The van der Waals surface area contributed by atoms with Crippen molar-refractivity contribution in [1.29, 1.82) is 0 Å². The molecule has 2 aliphatic heterocycles. The van der Waals surface area contributed by atoms with Crippen LogP contribution in [0.25, 0.3) is 10.9 Å². The number of para-hydroxylation sites is 1. The van der Waals surface area contributed by atoms with Crippen molar-refractivity contribution in [3.63, 3.8) is 0 Å². The van der Waals surface area contributed by atoms with Gasteiger partial charge in [0.05, 0.1) is 24.8 Å². The first kappa shape index (κ1) is 18.3. The first-order valence-corrected chi connectivity index (χ1v) is 10.1. The van der Waals surface area contributed by atoms with Gasteiger partial charge >= 0.3 is 0 Å². The number of H-pyrrole nitrogens is 1. The summed E-state index contributed by atoms with van der Waals surface area (Å²) in [5.41, 5.74) is 4.86. The number of pyridine rings is 1. The summed E-state index contributed by atoms with van der Waals surface area (Å²) >= 11 is 0. The monoisotopic (exact) mass is 391 g/mol. The molecule has 2 atom stereocenters. The molecule has 0 bridgehead atoms. The number of rotatable bonds is 4. The number of amides is 1. The SMILES string of the molecule is CN1CCc2[nH]nc(C(=O)N[C@@H]3COC[C@H]3Cc3ccnc4ccccc34)c2C1. The van der Waals surface area contributed by atoms with Crippen LogP contribution >= 0.6 is 0 Å². The lowest BCUT2D eigenvalue weighted by molar-refractivity contribution is 0.0918. The van der Waals surface area contributed by atoms with Crippen molar-refractivity contribution in [2.75, 3.05) is 26.8 Å². The smallest absolute Gasteiger partial charge is 0.272 e. The lowest BCUT2D eigenvalue weighted by Gasteiger charge is -2.23. The van der Waals surface area contributed by atoms with Gasteiger partial charge in [0.2, 0.25) is 0 Å². The Morgan fingerprint density at radius 1 is 1.31 bits per heavy atom. The van der Waals surface area contributed by atoms with E-state index in [4.69, 9.17) is 4.74 Å². The molecule has 3 aromatic rings. The molecule has 0 spiro atoms. The molecule has 1 fully saturated rings. The van der Waals surface area contributed by atoms with Crippen LogP contribution in [0.3, 0.4) is 0 Å². The summed E-state index contributed by atoms with van der Waals surface area (Å²) in [5.74, 6) is 0.111. The minimum Gasteiger partial charge on any atom is -0.379 e. The summed E-state index contributed by atoms with van der Waals surface area (Å²) in [7, 11) is 2.07. The number of nitrogens with zero attached hydrogens (tertiary/aromatic N) is 3. The van der Waals surface area contributed by atoms with Crippen LogP contribution in [0.5, 0.6) is 0 Å². The second-order valence-electron chi connectivity index (χ2n) is 8.09. The molecule has 2 aliphatic rings. The third kappa shape index (κ3) is 3.52. The molecule has 0 radical (unpaired) electrons. The van der Waals surface area contributed by atoms with Crippen LogP contribution in [0, 0.1) is 5.92 Å². The number of carbonyl (C=O) groups excluding carboxylic acids is 1. The van der Waals surface area contributed by atoms with E-state index in [1.54, 1.807) is 0 Å². The van der Waals surface area contributed by atoms with E-state index >= 15 is 0 Å². The highest BCUT2D eigenvalue weighted by Crippen LogP contribution is 2.25. The van der Waals surface area contributed by atoms with Gasteiger partial charge in [-0.2, -0.15) is 5.10 Å². The van der Waals surface area contributed by atoms with Gasteiger partial charge in [-0.1, -0.05) is 18.2 Å². The summed E-state index contributed by atoms with van der Waals surface area (Å²) in [5, 5.41) is 11.7. The van der Waals surface area contributed by atoms with E-state index in [1.807, 2.05) is 24.4 Å². The number of benzene rings is 1. The van der Waals surface area contributed by atoms with Crippen molar-refractivity contribution < 1.29 is 9.53 Å². The average molecular weight is 391 g/mol. The summed E-state index contributed by atoms with van der Waals surface area (Å²) in [4.78, 5) is 19.6. The molecule has 1 amide bonds. The van der Waals surface area contributed by atoms with E-state index < -0.39 is 0 Å². The molecular weight excluding hydrogens is 366 g/mol. The van der Waals surface area contributed by atoms with Gasteiger partial charge in [-0.05, 0) is 31.2 Å². The predicted molar refractivity (Wildman–Crippen MR) is 110 cm³/mol.